The number of rotatable bonds is 7. The maximum absolute atomic E-state index is 5.92. The Balaban J connectivity index is 1.92. The fraction of sp³-hybridized carbons (Fsp3) is 0.538. The van der Waals surface area contributed by atoms with Crippen LogP contribution >= 0.6 is 11.6 Å². The van der Waals surface area contributed by atoms with Crippen LogP contribution in [-0.4, -0.2) is 55.8 Å². The molecule has 2 heterocycles. The lowest BCUT2D eigenvalue weighted by Gasteiger charge is -2.20. The van der Waals surface area contributed by atoms with Crippen LogP contribution in [0.3, 0.4) is 0 Å². The second kappa shape index (κ2) is 7.33. The Morgan fingerprint density at radius 3 is 2.81 bits per heavy atom. The van der Waals surface area contributed by atoms with Gasteiger partial charge < -0.3 is 10.2 Å². The van der Waals surface area contributed by atoms with Crippen LogP contribution in [0.2, 0.25) is 5.28 Å². The quantitative estimate of drug-likeness (QED) is 0.787. The Morgan fingerprint density at radius 1 is 1.33 bits per heavy atom. The van der Waals surface area contributed by atoms with Crippen molar-refractivity contribution in [3.05, 3.63) is 23.7 Å². The molecule has 0 bridgehead atoms. The fourth-order valence-corrected chi connectivity index (χ4v) is 1.85. The second-order valence-electron chi connectivity index (χ2n) is 5.03. The average molecular weight is 310 g/mol. The van der Waals surface area contributed by atoms with Crippen LogP contribution in [0.4, 0.5) is 5.95 Å². The van der Waals surface area contributed by atoms with Crippen molar-refractivity contribution >= 4 is 17.5 Å². The molecule has 0 saturated carbocycles. The van der Waals surface area contributed by atoms with Crippen molar-refractivity contribution in [2.24, 2.45) is 0 Å². The number of nitrogens with zero attached hydrogens (tertiary/aromatic N) is 6. The van der Waals surface area contributed by atoms with Crippen molar-refractivity contribution in [2.75, 3.05) is 25.5 Å². The highest BCUT2D eigenvalue weighted by Gasteiger charge is 2.07. The van der Waals surface area contributed by atoms with Gasteiger partial charge in [-0.1, -0.05) is 0 Å². The molecule has 0 saturated heterocycles. The molecule has 2 aromatic rings. The maximum Gasteiger partial charge on any atom is 0.256 e. The third kappa shape index (κ3) is 4.64. The van der Waals surface area contributed by atoms with Gasteiger partial charge in [-0.05, 0) is 51.5 Å². The van der Waals surface area contributed by atoms with Crippen molar-refractivity contribution in [3.63, 3.8) is 0 Å². The normalized spacial score (nSPS) is 11.3. The fourth-order valence-electron chi connectivity index (χ4n) is 1.70. The summed E-state index contributed by atoms with van der Waals surface area (Å²) in [6.45, 7) is 6.14. The van der Waals surface area contributed by atoms with E-state index in [4.69, 9.17) is 11.6 Å². The summed E-state index contributed by atoms with van der Waals surface area (Å²) in [5, 5.41) is 7.40. The van der Waals surface area contributed by atoms with Gasteiger partial charge in [0.05, 0.1) is 0 Å². The predicted octanol–water partition coefficient (Wildman–Crippen LogP) is 1.85. The number of anilines is 1. The molecule has 0 aliphatic carbocycles. The van der Waals surface area contributed by atoms with E-state index in [1.54, 1.807) is 23.1 Å². The van der Waals surface area contributed by atoms with E-state index in [-0.39, 0.29) is 5.28 Å². The first-order valence-electron chi connectivity index (χ1n) is 6.92. The summed E-state index contributed by atoms with van der Waals surface area (Å²) in [4.78, 5) is 14.7. The van der Waals surface area contributed by atoms with Crippen LogP contribution in [0.5, 0.6) is 0 Å². The zero-order valence-corrected chi connectivity index (χ0v) is 13.2. The average Bonchev–Trinajstić information content (AvgIpc) is 2.96. The summed E-state index contributed by atoms with van der Waals surface area (Å²) >= 11 is 5.92. The van der Waals surface area contributed by atoms with E-state index >= 15 is 0 Å². The van der Waals surface area contributed by atoms with Crippen LogP contribution in [-0.2, 0) is 0 Å². The van der Waals surface area contributed by atoms with Gasteiger partial charge in [0.15, 0.2) is 0 Å². The summed E-state index contributed by atoms with van der Waals surface area (Å²) in [5.74, 6) is 0.870. The zero-order valence-electron chi connectivity index (χ0n) is 12.5. The van der Waals surface area contributed by atoms with Gasteiger partial charge in [-0.3, -0.25) is 0 Å². The molecule has 0 radical (unpaired) electrons. The summed E-state index contributed by atoms with van der Waals surface area (Å²) in [6, 6.07) is 2.34. The third-order valence-electron chi connectivity index (χ3n) is 3.16. The first-order chi connectivity index (χ1) is 10.1. The molecule has 2 rings (SSSR count). The van der Waals surface area contributed by atoms with E-state index in [1.807, 2.05) is 0 Å². The molecular weight excluding hydrogens is 290 g/mol. The van der Waals surface area contributed by atoms with E-state index in [0.717, 1.165) is 19.5 Å². The van der Waals surface area contributed by atoms with Crippen LogP contribution in [0.15, 0.2) is 18.5 Å². The molecule has 0 atom stereocenters. The highest BCUT2D eigenvalue weighted by Crippen LogP contribution is 2.09. The maximum atomic E-state index is 5.92. The smallest absolute Gasteiger partial charge is 0.256 e. The lowest BCUT2D eigenvalue weighted by molar-refractivity contribution is 0.273. The summed E-state index contributed by atoms with van der Waals surface area (Å²) in [6.07, 6.45) is 4.41. The van der Waals surface area contributed by atoms with Crippen molar-refractivity contribution < 1.29 is 0 Å². The lowest BCUT2D eigenvalue weighted by Crippen LogP contribution is -2.28. The molecule has 0 fully saturated rings. The van der Waals surface area contributed by atoms with Gasteiger partial charge in [0.25, 0.3) is 5.95 Å². The largest absolute Gasteiger partial charge is 0.354 e. The Kier molecular flexibility index (Phi) is 5.46. The SMILES string of the molecule is CC(C)N(C)CCCNc1nc(Cl)nc(-n2cccn2)n1. The Bertz CT molecular complexity index is 556. The number of halogens is 1. The van der Waals surface area contributed by atoms with Gasteiger partial charge in [-0.25, -0.2) is 4.68 Å². The predicted molar refractivity (Wildman–Crippen MR) is 82.8 cm³/mol. The first kappa shape index (κ1) is 15.7. The zero-order chi connectivity index (χ0) is 15.2. The van der Waals surface area contributed by atoms with Gasteiger partial charge in [-0.2, -0.15) is 20.1 Å². The summed E-state index contributed by atoms with van der Waals surface area (Å²) in [5.41, 5.74) is 0. The molecule has 0 aliphatic heterocycles. The molecule has 21 heavy (non-hydrogen) atoms. The number of hydrogen-bond donors (Lipinski definition) is 1. The molecule has 0 amide bonds. The van der Waals surface area contributed by atoms with Gasteiger partial charge in [-0.15, -0.1) is 0 Å². The molecular formula is C13H20ClN7. The van der Waals surface area contributed by atoms with E-state index in [2.05, 4.69) is 51.2 Å². The standard InChI is InChI=1S/C13H20ClN7/c1-10(2)20(3)8-4-6-15-12-17-11(14)18-13(19-12)21-9-5-7-16-21/h5,7,9-10H,4,6,8H2,1-3H3,(H,15,17,18,19). The third-order valence-corrected chi connectivity index (χ3v) is 3.33. The van der Waals surface area contributed by atoms with E-state index < -0.39 is 0 Å². The number of aromatic nitrogens is 5. The molecule has 7 nitrogen and oxygen atoms in total. The van der Waals surface area contributed by atoms with Gasteiger partial charge >= 0.3 is 0 Å². The molecule has 0 aliphatic rings. The second-order valence-corrected chi connectivity index (χ2v) is 5.37. The van der Waals surface area contributed by atoms with Crippen LogP contribution in [0.25, 0.3) is 5.95 Å². The van der Waals surface area contributed by atoms with Crippen molar-refractivity contribution in [2.45, 2.75) is 26.3 Å². The Labute approximate surface area is 129 Å². The summed E-state index contributed by atoms with van der Waals surface area (Å²) < 4.78 is 1.55. The molecule has 0 aromatic carbocycles. The Hall–Kier alpha value is -1.73. The van der Waals surface area contributed by atoms with Crippen molar-refractivity contribution in [1.82, 2.24) is 29.6 Å². The molecule has 1 N–H and O–H groups in total. The van der Waals surface area contributed by atoms with Gasteiger partial charge in [0.2, 0.25) is 11.2 Å². The van der Waals surface area contributed by atoms with Gasteiger partial charge in [0.1, 0.15) is 0 Å². The molecule has 0 unspecified atom stereocenters. The highest BCUT2D eigenvalue weighted by molar-refractivity contribution is 6.28. The van der Waals surface area contributed by atoms with Crippen LogP contribution in [0, 0.1) is 0 Å². The minimum absolute atomic E-state index is 0.150. The topological polar surface area (TPSA) is 71.8 Å². The number of nitrogens with one attached hydrogen (secondary N) is 1. The van der Waals surface area contributed by atoms with Crippen LogP contribution in [0.1, 0.15) is 20.3 Å². The minimum Gasteiger partial charge on any atom is -0.354 e. The van der Waals surface area contributed by atoms with Crippen molar-refractivity contribution in [3.8, 4) is 5.95 Å². The van der Waals surface area contributed by atoms with E-state index in [1.165, 1.54) is 0 Å². The lowest BCUT2D eigenvalue weighted by atomic mass is 10.3. The van der Waals surface area contributed by atoms with E-state index in [0.29, 0.717) is 17.9 Å². The highest BCUT2D eigenvalue weighted by atomic mass is 35.5. The van der Waals surface area contributed by atoms with Crippen LogP contribution < -0.4 is 5.32 Å². The first-order valence-corrected chi connectivity index (χ1v) is 7.30. The number of hydrogen-bond acceptors (Lipinski definition) is 6. The molecule has 8 heteroatoms. The van der Waals surface area contributed by atoms with Gasteiger partial charge in [0, 0.05) is 25.0 Å². The molecule has 2 aromatic heterocycles. The summed E-state index contributed by atoms with van der Waals surface area (Å²) in [7, 11) is 2.11. The molecule has 114 valence electrons. The Morgan fingerprint density at radius 2 is 2.14 bits per heavy atom. The van der Waals surface area contributed by atoms with Crippen molar-refractivity contribution in [1.29, 1.82) is 0 Å². The monoisotopic (exact) mass is 309 g/mol. The van der Waals surface area contributed by atoms with E-state index in [9.17, 15) is 0 Å². The minimum atomic E-state index is 0.150. The molecule has 0 spiro atoms.